The van der Waals surface area contributed by atoms with E-state index in [9.17, 15) is 19.4 Å². The molecule has 0 spiro atoms. The second kappa shape index (κ2) is 35.9. The lowest BCUT2D eigenvalue weighted by molar-refractivity contribution is -0.870. The zero-order valence-electron chi connectivity index (χ0n) is 35.0. The molecule has 0 aromatic heterocycles. The molecule has 0 heterocycles. The van der Waals surface area contributed by atoms with E-state index in [1.807, 2.05) is 21.1 Å². The van der Waals surface area contributed by atoms with Gasteiger partial charge in [-0.25, -0.2) is 0 Å². The van der Waals surface area contributed by atoms with Gasteiger partial charge in [0, 0.05) is 6.42 Å². The molecule has 9 heteroatoms. The lowest BCUT2D eigenvalue weighted by atomic mass is 10.0. The number of phosphoric acid groups is 1. The van der Waals surface area contributed by atoms with Crippen LogP contribution in [0.15, 0.2) is 12.2 Å². The maximum Gasteiger partial charge on any atom is 0.268 e. The highest BCUT2D eigenvalue weighted by molar-refractivity contribution is 7.45. The average Bonchev–Trinajstić information content (AvgIpc) is 3.09. The molecular formula is C43H87N2O6P. The van der Waals surface area contributed by atoms with Crippen LogP contribution in [0.5, 0.6) is 0 Å². The minimum absolute atomic E-state index is 0.0131. The molecule has 0 saturated heterocycles. The van der Waals surface area contributed by atoms with Crippen LogP contribution < -0.4 is 10.2 Å². The third-order valence-electron chi connectivity index (χ3n) is 10.0. The first-order chi connectivity index (χ1) is 25.0. The highest BCUT2D eigenvalue weighted by Crippen LogP contribution is 2.38. The van der Waals surface area contributed by atoms with Gasteiger partial charge in [0.1, 0.15) is 13.2 Å². The predicted molar refractivity (Wildman–Crippen MR) is 219 cm³/mol. The topological polar surface area (TPSA) is 108 Å². The molecule has 0 bridgehead atoms. The van der Waals surface area contributed by atoms with Crippen LogP contribution in [0.4, 0.5) is 0 Å². The minimum Gasteiger partial charge on any atom is -0.756 e. The van der Waals surface area contributed by atoms with Gasteiger partial charge in [0.2, 0.25) is 5.91 Å². The van der Waals surface area contributed by atoms with Crippen molar-refractivity contribution in [2.75, 3.05) is 40.9 Å². The summed E-state index contributed by atoms with van der Waals surface area (Å²) in [4.78, 5) is 25.3. The highest BCUT2D eigenvalue weighted by Gasteiger charge is 2.24. The number of likely N-dealkylation sites (N-methyl/N-ethyl adjacent to an activating group) is 1. The van der Waals surface area contributed by atoms with Gasteiger partial charge < -0.3 is 28.8 Å². The van der Waals surface area contributed by atoms with Gasteiger partial charge in [-0.2, -0.15) is 0 Å². The third-order valence-corrected chi connectivity index (χ3v) is 11.0. The number of rotatable bonds is 40. The summed E-state index contributed by atoms with van der Waals surface area (Å²) < 4.78 is 23.2. The van der Waals surface area contributed by atoms with Crippen molar-refractivity contribution in [2.24, 2.45) is 0 Å². The van der Waals surface area contributed by atoms with Crippen LogP contribution in [0.2, 0.25) is 0 Å². The first-order valence-electron chi connectivity index (χ1n) is 22.0. The number of phosphoric ester groups is 1. The summed E-state index contributed by atoms with van der Waals surface area (Å²) in [6, 6.07) is -0.797. The number of amides is 1. The number of nitrogens with one attached hydrogen (secondary N) is 1. The first kappa shape index (κ1) is 51.2. The number of nitrogens with zero attached hydrogens (tertiary/aromatic N) is 1. The molecule has 0 rings (SSSR count). The fourth-order valence-corrected chi connectivity index (χ4v) is 7.17. The number of aliphatic hydroxyl groups excluding tert-OH is 1. The Morgan fingerprint density at radius 1 is 0.654 bits per heavy atom. The quantitative estimate of drug-likeness (QED) is 0.0279. The van der Waals surface area contributed by atoms with Gasteiger partial charge in [0.25, 0.3) is 7.82 Å². The monoisotopic (exact) mass is 759 g/mol. The Morgan fingerprint density at radius 2 is 1.06 bits per heavy atom. The summed E-state index contributed by atoms with van der Waals surface area (Å²) in [5.74, 6) is -0.169. The van der Waals surface area contributed by atoms with Gasteiger partial charge in [0.05, 0.1) is 39.9 Å². The molecule has 0 aromatic rings. The first-order valence-corrected chi connectivity index (χ1v) is 23.5. The largest absolute Gasteiger partial charge is 0.756 e. The number of quaternary nitrogens is 1. The van der Waals surface area contributed by atoms with Crippen molar-refractivity contribution < 1.29 is 32.9 Å². The van der Waals surface area contributed by atoms with Gasteiger partial charge >= 0.3 is 0 Å². The molecule has 0 aliphatic carbocycles. The summed E-state index contributed by atoms with van der Waals surface area (Å²) in [5, 5.41) is 13.9. The van der Waals surface area contributed by atoms with Crippen LogP contribution in [0.3, 0.4) is 0 Å². The Balaban J connectivity index is 4.37. The molecule has 8 nitrogen and oxygen atoms in total. The van der Waals surface area contributed by atoms with Crippen LogP contribution >= 0.6 is 7.82 Å². The average molecular weight is 759 g/mol. The van der Waals surface area contributed by atoms with E-state index < -0.39 is 20.0 Å². The van der Waals surface area contributed by atoms with E-state index in [0.29, 0.717) is 23.9 Å². The number of hydrogen-bond donors (Lipinski definition) is 2. The van der Waals surface area contributed by atoms with Crippen molar-refractivity contribution in [3.63, 3.8) is 0 Å². The molecule has 2 N–H and O–H groups in total. The molecule has 0 aliphatic heterocycles. The van der Waals surface area contributed by atoms with Crippen LogP contribution in [0.1, 0.15) is 206 Å². The molecular weight excluding hydrogens is 671 g/mol. The van der Waals surface area contributed by atoms with E-state index >= 15 is 0 Å². The number of carbonyl (C=O) groups is 1. The maximum absolute atomic E-state index is 12.8. The Hall–Kier alpha value is -0.760. The summed E-state index contributed by atoms with van der Waals surface area (Å²) in [5.41, 5.74) is 0. The molecule has 0 aliphatic rings. The second-order valence-electron chi connectivity index (χ2n) is 16.4. The molecule has 0 saturated carbocycles. The summed E-state index contributed by atoms with van der Waals surface area (Å²) in [7, 11) is 1.31. The summed E-state index contributed by atoms with van der Waals surface area (Å²) >= 11 is 0. The lowest BCUT2D eigenvalue weighted by Crippen LogP contribution is -2.46. The Morgan fingerprint density at radius 3 is 1.52 bits per heavy atom. The normalized spacial score (nSPS) is 14.5. The molecule has 3 unspecified atom stereocenters. The van der Waals surface area contributed by atoms with E-state index in [2.05, 4.69) is 31.3 Å². The van der Waals surface area contributed by atoms with Gasteiger partial charge in [-0.15, -0.1) is 0 Å². The number of unbranched alkanes of at least 4 members (excludes halogenated alkanes) is 25. The number of carbonyl (C=O) groups excluding carboxylic acids is 1. The zero-order chi connectivity index (χ0) is 38.6. The van der Waals surface area contributed by atoms with Gasteiger partial charge in [0.15, 0.2) is 0 Å². The molecule has 1 amide bonds. The number of aliphatic hydroxyl groups is 1. The molecule has 0 fully saturated rings. The fraction of sp³-hybridized carbons (Fsp3) is 0.930. The van der Waals surface area contributed by atoms with E-state index in [4.69, 9.17) is 9.05 Å². The number of allylic oxidation sites excluding steroid dienone is 2. The molecule has 310 valence electrons. The predicted octanol–water partition coefficient (Wildman–Crippen LogP) is 11.3. The van der Waals surface area contributed by atoms with E-state index in [-0.39, 0.29) is 19.1 Å². The van der Waals surface area contributed by atoms with Crippen LogP contribution in [0, 0.1) is 0 Å². The standard InChI is InChI=1S/C43H87N2O6P/c1-6-8-10-12-14-16-18-20-22-24-26-28-30-32-34-36-42(46)41(40-51-52(48,49)50-39-38-45(3,4)5)44-43(47)37-35-33-31-29-27-25-23-21-19-17-15-13-11-9-7-2/h17,19,41-42,46H,6-16,18,20-40H2,1-5H3,(H-,44,47,48,49)/b19-17-. The van der Waals surface area contributed by atoms with Gasteiger partial charge in [-0.1, -0.05) is 174 Å². The van der Waals surface area contributed by atoms with E-state index in [0.717, 1.165) is 38.5 Å². The van der Waals surface area contributed by atoms with E-state index in [1.165, 1.54) is 141 Å². The lowest BCUT2D eigenvalue weighted by Gasteiger charge is -2.30. The minimum atomic E-state index is -4.56. The van der Waals surface area contributed by atoms with Crippen LogP contribution in [0.25, 0.3) is 0 Å². The smallest absolute Gasteiger partial charge is 0.268 e. The maximum atomic E-state index is 12.8. The van der Waals surface area contributed by atoms with Gasteiger partial charge in [-0.05, 0) is 38.5 Å². The van der Waals surface area contributed by atoms with Gasteiger partial charge in [-0.3, -0.25) is 9.36 Å². The Labute approximate surface area is 322 Å². The summed E-state index contributed by atoms with van der Waals surface area (Å²) in [6.45, 7) is 4.71. The highest BCUT2D eigenvalue weighted by atomic mass is 31.2. The second-order valence-corrected chi connectivity index (χ2v) is 17.8. The van der Waals surface area contributed by atoms with Crippen molar-refractivity contribution in [1.29, 1.82) is 0 Å². The Kier molecular flexibility index (Phi) is 35.4. The van der Waals surface area contributed by atoms with Crippen LogP contribution in [-0.4, -0.2) is 68.5 Å². The summed E-state index contributed by atoms with van der Waals surface area (Å²) in [6.07, 6.45) is 39.2. The van der Waals surface area contributed by atoms with Crippen molar-refractivity contribution in [3.05, 3.63) is 12.2 Å². The molecule has 0 radical (unpaired) electrons. The van der Waals surface area contributed by atoms with Crippen molar-refractivity contribution in [2.45, 2.75) is 219 Å². The number of hydrogen-bond acceptors (Lipinski definition) is 6. The van der Waals surface area contributed by atoms with E-state index in [1.54, 1.807) is 0 Å². The fourth-order valence-electron chi connectivity index (χ4n) is 6.45. The van der Waals surface area contributed by atoms with Crippen molar-refractivity contribution in [3.8, 4) is 0 Å². The zero-order valence-corrected chi connectivity index (χ0v) is 35.9. The van der Waals surface area contributed by atoms with Crippen molar-refractivity contribution in [1.82, 2.24) is 5.32 Å². The molecule has 52 heavy (non-hydrogen) atoms. The van der Waals surface area contributed by atoms with Crippen molar-refractivity contribution >= 4 is 13.7 Å². The third kappa shape index (κ3) is 37.6. The van der Waals surface area contributed by atoms with Crippen LogP contribution in [-0.2, 0) is 18.4 Å². The Bertz CT molecular complexity index is 865. The molecule has 3 atom stereocenters. The SMILES string of the molecule is CCCCCC/C=C\CCCCCCCCCC(=O)NC(COP(=O)([O-])OCC[N+](C)(C)C)C(O)CCCCCCCCCCCCCCCCC. The molecule has 0 aromatic carbocycles.